The molecular formula is C20H22N4O3S. The van der Waals surface area contributed by atoms with Gasteiger partial charge >= 0.3 is 0 Å². The van der Waals surface area contributed by atoms with E-state index >= 15 is 0 Å². The number of hydrogen-bond donors (Lipinski definition) is 1. The molecule has 28 heavy (non-hydrogen) atoms. The highest BCUT2D eigenvalue weighted by molar-refractivity contribution is 7.71. The van der Waals surface area contributed by atoms with Crippen molar-refractivity contribution in [2.75, 3.05) is 20.8 Å². The minimum absolute atomic E-state index is 0.382. The van der Waals surface area contributed by atoms with Gasteiger partial charge in [-0.1, -0.05) is 6.92 Å². The highest BCUT2D eigenvalue weighted by Crippen LogP contribution is 2.32. The third kappa shape index (κ3) is 4.40. The van der Waals surface area contributed by atoms with Crippen molar-refractivity contribution in [1.29, 1.82) is 0 Å². The van der Waals surface area contributed by atoms with Crippen LogP contribution in [0.3, 0.4) is 0 Å². The smallest absolute Gasteiger partial charge is 0.216 e. The van der Waals surface area contributed by atoms with E-state index in [0.29, 0.717) is 28.7 Å². The Morgan fingerprint density at radius 2 is 1.86 bits per heavy atom. The van der Waals surface area contributed by atoms with E-state index in [4.69, 9.17) is 26.4 Å². The lowest BCUT2D eigenvalue weighted by atomic mass is 10.2. The number of nitrogens with zero attached hydrogens (tertiary/aromatic N) is 3. The number of H-pyrrole nitrogens is 1. The van der Waals surface area contributed by atoms with Crippen LogP contribution in [-0.4, -0.2) is 41.9 Å². The highest BCUT2D eigenvalue weighted by atomic mass is 32.1. The first-order valence-electron chi connectivity index (χ1n) is 8.83. The minimum atomic E-state index is 0.382. The van der Waals surface area contributed by atoms with Crippen molar-refractivity contribution in [2.45, 2.75) is 13.3 Å². The van der Waals surface area contributed by atoms with Gasteiger partial charge in [-0.2, -0.15) is 14.9 Å². The van der Waals surface area contributed by atoms with Crippen LogP contribution in [0.1, 0.15) is 18.9 Å². The number of rotatable bonds is 8. The van der Waals surface area contributed by atoms with Gasteiger partial charge in [-0.25, -0.2) is 5.10 Å². The molecule has 0 spiro atoms. The fraction of sp³-hybridized carbons (Fsp3) is 0.250. The molecule has 1 N–H and O–H groups in total. The quantitative estimate of drug-likeness (QED) is 0.452. The number of hydrogen-bond acceptors (Lipinski definition) is 6. The van der Waals surface area contributed by atoms with E-state index in [1.165, 1.54) is 0 Å². The summed E-state index contributed by atoms with van der Waals surface area (Å²) < 4.78 is 18.2. The second kappa shape index (κ2) is 9.18. The fourth-order valence-electron chi connectivity index (χ4n) is 2.55. The number of methoxy groups -OCH3 is 2. The van der Waals surface area contributed by atoms with Gasteiger partial charge in [0.25, 0.3) is 0 Å². The monoisotopic (exact) mass is 398 g/mol. The van der Waals surface area contributed by atoms with Crippen LogP contribution in [0.25, 0.3) is 11.4 Å². The lowest BCUT2D eigenvalue weighted by molar-refractivity contribution is 0.317. The minimum Gasteiger partial charge on any atom is -0.497 e. The Morgan fingerprint density at radius 3 is 2.54 bits per heavy atom. The molecular weight excluding hydrogens is 376 g/mol. The van der Waals surface area contributed by atoms with Gasteiger partial charge in [0.05, 0.1) is 32.6 Å². The number of nitrogens with one attached hydrogen (secondary N) is 1. The number of benzene rings is 2. The lowest BCUT2D eigenvalue weighted by Crippen LogP contribution is -1.98. The molecule has 0 aliphatic rings. The Labute approximate surface area is 168 Å². The van der Waals surface area contributed by atoms with Crippen LogP contribution in [0.5, 0.6) is 17.2 Å². The zero-order valence-electron chi connectivity index (χ0n) is 16.0. The zero-order valence-corrected chi connectivity index (χ0v) is 16.8. The summed E-state index contributed by atoms with van der Waals surface area (Å²) >= 11 is 5.33. The highest BCUT2D eigenvalue weighted by Gasteiger charge is 2.14. The van der Waals surface area contributed by atoms with Crippen molar-refractivity contribution >= 4 is 18.4 Å². The Balaban J connectivity index is 1.90. The summed E-state index contributed by atoms with van der Waals surface area (Å²) in [5.74, 6) is 2.68. The Kier molecular flexibility index (Phi) is 6.44. The summed E-state index contributed by atoms with van der Waals surface area (Å²) in [6, 6.07) is 13.2. The van der Waals surface area contributed by atoms with Crippen molar-refractivity contribution in [3.63, 3.8) is 0 Å². The summed E-state index contributed by atoms with van der Waals surface area (Å²) in [5.41, 5.74) is 1.66. The van der Waals surface area contributed by atoms with Gasteiger partial charge < -0.3 is 14.2 Å². The van der Waals surface area contributed by atoms with E-state index in [1.54, 1.807) is 31.2 Å². The molecule has 7 nitrogen and oxygen atoms in total. The summed E-state index contributed by atoms with van der Waals surface area (Å²) in [7, 11) is 3.20. The van der Waals surface area contributed by atoms with E-state index in [0.717, 1.165) is 23.3 Å². The molecule has 0 amide bonds. The molecule has 0 bridgehead atoms. The predicted molar refractivity (Wildman–Crippen MR) is 111 cm³/mol. The standard InChI is InChI=1S/C20H22N4O3S/c1-4-11-27-15-7-5-14(6-8-15)13-21-24-19(22-23-20(24)28)17-10-9-16(25-2)12-18(17)26-3/h5-10,12-13H,4,11H2,1-3H3,(H,23,28)/b21-13-. The summed E-state index contributed by atoms with van der Waals surface area (Å²) in [4.78, 5) is 0. The molecule has 1 heterocycles. The van der Waals surface area contributed by atoms with E-state index in [2.05, 4.69) is 22.2 Å². The van der Waals surface area contributed by atoms with Crippen LogP contribution in [0.2, 0.25) is 0 Å². The maximum atomic E-state index is 5.60. The van der Waals surface area contributed by atoms with Crippen LogP contribution >= 0.6 is 12.2 Å². The molecule has 8 heteroatoms. The van der Waals surface area contributed by atoms with Crippen LogP contribution in [-0.2, 0) is 0 Å². The molecule has 0 aliphatic carbocycles. The van der Waals surface area contributed by atoms with E-state index in [-0.39, 0.29) is 0 Å². The molecule has 0 atom stereocenters. The summed E-state index contributed by atoms with van der Waals surface area (Å²) in [5, 5.41) is 11.6. The topological polar surface area (TPSA) is 73.7 Å². The van der Waals surface area contributed by atoms with Gasteiger partial charge in [0.15, 0.2) is 5.82 Å². The molecule has 0 unspecified atom stereocenters. The van der Waals surface area contributed by atoms with Crippen molar-refractivity contribution < 1.29 is 14.2 Å². The number of aromatic amines is 1. The van der Waals surface area contributed by atoms with Gasteiger partial charge in [0.1, 0.15) is 17.2 Å². The third-order valence-electron chi connectivity index (χ3n) is 3.98. The van der Waals surface area contributed by atoms with E-state index < -0.39 is 0 Å². The summed E-state index contributed by atoms with van der Waals surface area (Å²) in [6.07, 6.45) is 2.69. The summed E-state index contributed by atoms with van der Waals surface area (Å²) in [6.45, 7) is 2.77. The second-order valence-electron chi connectivity index (χ2n) is 5.89. The first-order chi connectivity index (χ1) is 13.7. The first kappa shape index (κ1) is 19.6. The Hall–Kier alpha value is -3.13. The third-order valence-corrected chi connectivity index (χ3v) is 4.24. The lowest BCUT2D eigenvalue weighted by Gasteiger charge is -2.09. The maximum Gasteiger partial charge on any atom is 0.216 e. The molecule has 1 aromatic heterocycles. The largest absolute Gasteiger partial charge is 0.497 e. The van der Waals surface area contributed by atoms with Gasteiger partial charge in [0, 0.05) is 6.07 Å². The van der Waals surface area contributed by atoms with E-state index in [9.17, 15) is 0 Å². The van der Waals surface area contributed by atoms with Gasteiger partial charge in [-0.3, -0.25) is 0 Å². The SMILES string of the molecule is CCCOc1ccc(/C=N\n2c(-c3ccc(OC)cc3OC)n[nH]c2=S)cc1. The maximum absolute atomic E-state index is 5.60. The van der Waals surface area contributed by atoms with Crippen molar-refractivity contribution in [2.24, 2.45) is 5.10 Å². The average molecular weight is 398 g/mol. The normalized spacial score (nSPS) is 11.0. The predicted octanol–water partition coefficient (Wildman–Crippen LogP) is 4.30. The Bertz CT molecular complexity index is 1010. The Morgan fingerprint density at radius 1 is 1.11 bits per heavy atom. The van der Waals surface area contributed by atoms with Crippen molar-refractivity contribution in [3.05, 3.63) is 52.8 Å². The van der Waals surface area contributed by atoms with E-state index in [1.807, 2.05) is 36.4 Å². The van der Waals surface area contributed by atoms with Gasteiger partial charge in [-0.15, -0.1) is 0 Å². The molecule has 2 aromatic carbocycles. The van der Waals surface area contributed by atoms with Crippen LogP contribution < -0.4 is 14.2 Å². The van der Waals surface area contributed by atoms with Gasteiger partial charge in [-0.05, 0) is 60.6 Å². The molecule has 146 valence electrons. The second-order valence-corrected chi connectivity index (χ2v) is 6.28. The molecule has 0 fully saturated rings. The van der Waals surface area contributed by atoms with Crippen LogP contribution in [0.15, 0.2) is 47.6 Å². The van der Waals surface area contributed by atoms with Gasteiger partial charge in [0.2, 0.25) is 4.77 Å². The van der Waals surface area contributed by atoms with Crippen LogP contribution in [0.4, 0.5) is 0 Å². The number of aromatic nitrogens is 3. The molecule has 0 saturated carbocycles. The zero-order chi connectivity index (χ0) is 19.9. The molecule has 3 aromatic rings. The van der Waals surface area contributed by atoms with Crippen molar-refractivity contribution in [3.8, 4) is 28.6 Å². The first-order valence-corrected chi connectivity index (χ1v) is 9.24. The fourth-order valence-corrected chi connectivity index (χ4v) is 2.73. The molecule has 0 aliphatic heterocycles. The number of ether oxygens (including phenoxy) is 3. The average Bonchev–Trinajstić information content (AvgIpc) is 3.11. The molecule has 0 saturated heterocycles. The van der Waals surface area contributed by atoms with Crippen LogP contribution in [0, 0.1) is 4.77 Å². The molecule has 0 radical (unpaired) electrons. The molecule has 3 rings (SSSR count). The van der Waals surface area contributed by atoms with Crippen molar-refractivity contribution in [1.82, 2.24) is 14.9 Å².